The fourth-order valence-corrected chi connectivity index (χ4v) is 2.01. The van der Waals surface area contributed by atoms with Gasteiger partial charge in [0.05, 0.1) is 28.1 Å². The molecule has 2 rings (SSSR count). The molecule has 5 heteroatoms. The molecule has 0 atom stereocenters. The number of carbonyl (C=O) groups is 1. The van der Waals surface area contributed by atoms with Gasteiger partial charge in [-0.05, 0) is 26.0 Å². The molecule has 0 fully saturated rings. The minimum absolute atomic E-state index is 0.116. The lowest BCUT2D eigenvalue weighted by Gasteiger charge is -2.07. The molecule has 88 valence electrons. The van der Waals surface area contributed by atoms with Gasteiger partial charge in [0, 0.05) is 5.56 Å². The number of aromatic nitrogens is 2. The predicted octanol–water partition coefficient (Wildman–Crippen LogP) is 1.51. The average Bonchev–Trinajstić information content (AvgIpc) is 2.55. The molecule has 0 radical (unpaired) electrons. The lowest BCUT2D eigenvalue weighted by molar-refractivity contribution is -0.255. The van der Waals surface area contributed by atoms with Crippen LogP contribution in [0, 0.1) is 13.8 Å². The molecule has 17 heavy (non-hydrogen) atoms. The maximum atomic E-state index is 11.0. The van der Waals surface area contributed by atoms with Gasteiger partial charge in [0.15, 0.2) is 0 Å². The standard InChI is InChI=1S/C12H11ClN2O2/c1-7-11(12(16)17)8(2)15(14-7)10-6-4-3-5-9(10)13/h3-6H,1-2H3,(H,16,17)/p-1. The minimum Gasteiger partial charge on any atom is -0.545 e. The van der Waals surface area contributed by atoms with Crippen molar-refractivity contribution in [2.45, 2.75) is 13.8 Å². The first-order chi connectivity index (χ1) is 8.02. The molecule has 0 saturated carbocycles. The number of carboxylic acids is 1. The molecule has 1 aromatic carbocycles. The maximum Gasteiger partial charge on any atom is 0.0835 e. The number of hydrogen-bond acceptors (Lipinski definition) is 3. The molecule has 1 heterocycles. The summed E-state index contributed by atoms with van der Waals surface area (Å²) in [6, 6.07) is 7.13. The molecule has 2 aromatic rings. The summed E-state index contributed by atoms with van der Waals surface area (Å²) < 4.78 is 1.52. The Hall–Kier alpha value is -1.81. The first-order valence-electron chi connectivity index (χ1n) is 5.05. The molecule has 0 aliphatic carbocycles. The number of rotatable bonds is 2. The molecule has 0 amide bonds. The SMILES string of the molecule is Cc1nn(-c2ccccc2Cl)c(C)c1C(=O)[O-]. The highest BCUT2D eigenvalue weighted by atomic mass is 35.5. The van der Waals surface area contributed by atoms with E-state index in [1.54, 1.807) is 32.0 Å². The van der Waals surface area contributed by atoms with Gasteiger partial charge >= 0.3 is 0 Å². The Labute approximate surface area is 103 Å². The Morgan fingerprint density at radius 2 is 2.00 bits per heavy atom. The fraction of sp³-hybridized carbons (Fsp3) is 0.167. The van der Waals surface area contributed by atoms with E-state index in [4.69, 9.17) is 11.6 Å². The Morgan fingerprint density at radius 1 is 1.35 bits per heavy atom. The van der Waals surface area contributed by atoms with E-state index in [0.717, 1.165) is 0 Å². The van der Waals surface area contributed by atoms with Crippen molar-refractivity contribution < 1.29 is 9.90 Å². The Kier molecular flexibility index (Phi) is 2.90. The van der Waals surface area contributed by atoms with Crippen molar-refractivity contribution in [1.82, 2.24) is 9.78 Å². The van der Waals surface area contributed by atoms with Crippen LogP contribution in [0.25, 0.3) is 5.69 Å². The van der Waals surface area contributed by atoms with Gasteiger partial charge in [-0.1, -0.05) is 23.7 Å². The van der Waals surface area contributed by atoms with Gasteiger partial charge in [-0.25, -0.2) is 4.68 Å². The van der Waals surface area contributed by atoms with E-state index >= 15 is 0 Å². The second-order valence-electron chi connectivity index (χ2n) is 3.70. The van der Waals surface area contributed by atoms with Gasteiger partial charge in [-0.3, -0.25) is 0 Å². The quantitative estimate of drug-likeness (QED) is 0.811. The van der Waals surface area contributed by atoms with E-state index in [-0.39, 0.29) is 5.56 Å². The van der Waals surface area contributed by atoms with Crippen LogP contribution < -0.4 is 5.11 Å². The molecule has 0 bridgehead atoms. The Morgan fingerprint density at radius 3 is 2.53 bits per heavy atom. The molecular formula is C12H10ClN2O2-. The van der Waals surface area contributed by atoms with Crippen molar-refractivity contribution in [3.8, 4) is 5.69 Å². The monoisotopic (exact) mass is 249 g/mol. The number of hydrogen-bond donors (Lipinski definition) is 0. The van der Waals surface area contributed by atoms with Crippen molar-refractivity contribution in [2.24, 2.45) is 0 Å². The first kappa shape index (κ1) is 11.7. The van der Waals surface area contributed by atoms with Crippen molar-refractivity contribution in [2.75, 3.05) is 0 Å². The summed E-state index contributed by atoms with van der Waals surface area (Å²) in [5, 5.41) is 15.7. The van der Waals surface area contributed by atoms with E-state index in [1.165, 1.54) is 4.68 Å². The van der Waals surface area contributed by atoms with Gasteiger partial charge in [0.1, 0.15) is 0 Å². The summed E-state index contributed by atoms with van der Waals surface area (Å²) in [7, 11) is 0. The Balaban J connectivity index is 2.66. The van der Waals surface area contributed by atoms with Crippen LogP contribution in [0.15, 0.2) is 24.3 Å². The van der Waals surface area contributed by atoms with Gasteiger partial charge in [-0.15, -0.1) is 0 Å². The maximum absolute atomic E-state index is 11.0. The van der Waals surface area contributed by atoms with E-state index < -0.39 is 5.97 Å². The number of aromatic carboxylic acids is 1. The number of halogens is 1. The first-order valence-corrected chi connectivity index (χ1v) is 5.42. The third-order valence-corrected chi connectivity index (χ3v) is 2.90. The summed E-state index contributed by atoms with van der Waals surface area (Å²) in [4.78, 5) is 11.0. The predicted molar refractivity (Wildman–Crippen MR) is 62.4 cm³/mol. The molecule has 0 aliphatic rings. The molecule has 1 aromatic heterocycles. The zero-order valence-corrected chi connectivity index (χ0v) is 10.2. The number of aryl methyl sites for hydroxylation is 1. The lowest BCUT2D eigenvalue weighted by atomic mass is 10.2. The molecular weight excluding hydrogens is 240 g/mol. The summed E-state index contributed by atoms with van der Waals surface area (Å²) in [6.45, 7) is 3.31. The smallest absolute Gasteiger partial charge is 0.0835 e. The zero-order valence-electron chi connectivity index (χ0n) is 9.40. The fourth-order valence-electron chi connectivity index (χ4n) is 1.80. The van der Waals surface area contributed by atoms with Crippen LogP contribution >= 0.6 is 11.6 Å². The van der Waals surface area contributed by atoms with Gasteiger partial charge in [-0.2, -0.15) is 5.10 Å². The largest absolute Gasteiger partial charge is 0.545 e. The summed E-state index contributed by atoms with van der Waals surface area (Å²) in [5.74, 6) is -1.22. The van der Waals surface area contributed by atoms with Crippen LogP contribution in [0.2, 0.25) is 5.02 Å². The molecule has 0 aliphatic heterocycles. The molecule has 0 saturated heterocycles. The van der Waals surface area contributed by atoms with Crippen molar-refractivity contribution in [1.29, 1.82) is 0 Å². The van der Waals surface area contributed by atoms with Gasteiger partial charge in [0.25, 0.3) is 0 Å². The second-order valence-corrected chi connectivity index (χ2v) is 4.10. The lowest BCUT2D eigenvalue weighted by Crippen LogP contribution is -2.23. The topological polar surface area (TPSA) is 58.0 Å². The van der Waals surface area contributed by atoms with Gasteiger partial charge in [0.2, 0.25) is 0 Å². The Bertz CT molecular complexity index is 590. The van der Waals surface area contributed by atoms with E-state index in [9.17, 15) is 9.90 Å². The summed E-state index contributed by atoms with van der Waals surface area (Å²) in [5.41, 5.74) is 1.70. The number of nitrogens with zero attached hydrogens (tertiary/aromatic N) is 2. The van der Waals surface area contributed by atoms with E-state index in [1.807, 2.05) is 6.07 Å². The number of carboxylic acid groups (broad SMARTS) is 1. The zero-order chi connectivity index (χ0) is 12.6. The third-order valence-electron chi connectivity index (χ3n) is 2.58. The van der Waals surface area contributed by atoms with Crippen molar-refractivity contribution in [3.05, 3.63) is 46.2 Å². The number of carbonyl (C=O) groups excluding carboxylic acids is 1. The normalized spacial score (nSPS) is 10.5. The summed E-state index contributed by atoms with van der Waals surface area (Å²) >= 11 is 6.05. The van der Waals surface area contributed by atoms with Crippen LogP contribution in [0.4, 0.5) is 0 Å². The summed E-state index contributed by atoms with van der Waals surface area (Å²) in [6.07, 6.45) is 0. The average molecular weight is 250 g/mol. The number of benzene rings is 1. The van der Waals surface area contributed by atoms with Crippen LogP contribution in [-0.2, 0) is 0 Å². The van der Waals surface area contributed by atoms with Gasteiger partial charge < -0.3 is 9.90 Å². The van der Waals surface area contributed by atoms with Crippen LogP contribution in [-0.4, -0.2) is 15.7 Å². The van der Waals surface area contributed by atoms with Crippen LogP contribution in [0.1, 0.15) is 21.7 Å². The molecule has 0 spiro atoms. The number of para-hydroxylation sites is 1. The van der Waals surface area contributed by atoms with Crippen molar-refractivity contribution in [3.63, 3.8) is 0 Å². The highest BCUT2D eigenvalue weighted by Crippen LogP contribution is 2.23. The molecule has 0 unspecified atom stereocenters. The second kappa shape index (κ2) is 4.22. The third kappa shape index (κ3) is 1.91. The van der Waals surface area contributed by atoms with Crippen LogP contribution in [0.5, 0.6) is 0 Å². The molecule has 4 nitrogen and oxygen atoms in total. The minimum atomic E-state index is -1.22. The molecule has 0 N–H and O–H groups in total. The van der Waals surface area contributed by atoms with Crippen LogP contribution in [0.3, 0.4) is 0 Å². The van der Waals surface area contributed by atoms with E-state index in [2.05, 4.69) is 5.10 Å². The highest BCUT2D eigenvalue weighted by Gasteiger charge is 2.14. The van der Waals surface area contributed by atoms with E-state index in [0.29, 0.717) is 22.1 Å². The highest BCUT2D eigenvalue weighted by molar-refractivity contribution is 6.32. The van der Waals surface area contributed by atoms with Crippen molar-refractivity contribution >= 4 is 17.6 Å².